The minimum atomic E-state index is -3.97. The van der Waals surface area contributed by atoms with Gasteiger partial charge in [-0.3, -0.25) is 28.8 Å². The van der Waals surface area contributed by atoms with E-state index in [2.05, 4.69) is 21.9 Å². The fourth-order valence-electron chi connectivity index (χ4n) is 6.74. The molecule has 17 heteroatoms. The number of ether oxygens (including phenoxy) is 2. The van der Waals surface area contributed by atoms with Crippen LogP contribution in [0.5, 0.6) is 0 Å². The van der Waals surface area contributed by atoms with Crippen molar-refractivity contribution in [3.63, 3.8) is 0 Å². The van der Waals surface area contributed by atoms with Gasteiger partial charge in [0.25, 0.3) is 5.91 Å². The quantitative estimate of drug-likeness (QED) is 0.195. The summed E-state index contributed by atoms with van der Waals surface area (Å²) in [6.45, 7) is 14.1. The standard InChI is InChI=1S/C39H52FN5O10S/c1-8-24-19-39(24,34(49)43-56(52,53)27-13-14-27)42-32(47)31-18-26(54-36(51)44-20-23-10-9-11-29(40)28(23)22-44)21-45(31)33(48)30(41-35(50)55-38(5,6)7)15-12-25(46)16-17-37(2,3)4/h8-11,16-17,24,26-27,30-31H,1,12-15,18-22H2,2-7H3,(H,41,50)(H,42,47)(H,43,49)/b17-16-/t24-,26-,30+,31?,39-/m1/s1. The first-order valence-corrected chi connectivity index (χ1v) is 20.3. The molecular formula is C39H52FN5O10S. The lowest BCUT2D eigenvalue weighted by Gasteiger charge is -2.30. The summed E-state index contributed by atoms with van der Waals surface area (Å²) in [6.07, 6.45) is 2.01. The van der Waals surface area contributed by atoms with E-state index >= 15 is 0 Å². The number of carbonyl (C=O) groups is 6. The van der Waals surface area contributed by atoms with Crippen molar-refractivity contribution in [3.05, 3.63) is 60.0 Å². The topological polar surface area (TPSA) is 198 Å². The van der Waals surface area contributed by atoms with E-state index in [9.17, 15) is 41.6 Å². The first-order valence-electron chi connectivity index (χ1n) is 18.8. The van der Waals surface area contributed by atoms with Crippen LogP contribution in [0.3, 0.4) is 0 Å². The molecule has 0 bridgehead atoms. The number of hydrogen-bond acceptors (Lipinski definition) is 10. The van der Waals surface area contributed by atoms with Gasteiger partial charge in [-0.25, -0.2) is 22.4 Å². The van der Waals surface area contributed by atoms with E-state index in [1.54, 1.807) is 32.9 Å². The van der Waals surface area contributed by atoms with Crippen molar-refractivity contribution in [1.82, 2.24) is 25.2 Å². The maximum atomic E-state index is 14.5. The first-order chi connectivity index (χ1) is 26.0. The van der Waals surface area contributed by atoms with Gasteiger partial charge in [0, 0.05) is 30.9 Å². The van der Waals surface area contributed by atoms with Crippen LogP contribution in [0.2, 0.25) is 0 Å². The van der Waals surface area contributed by atoms with Crippen LogP contribution in [0.4, 0.5) is 14.0 Å². The summed E-state index contributed by atoms with van der Waals surface area (Å²) in [6, 6.07) is 1.77. The molecule has 0 aromatic heterocycles. The second kappa shape index (κ2) is 16.0. The van der Waals surface area contributed by atoms with Crippen LogP contribution in [-0.4, -0.2) is 95.0 Å². The summed E-state index contributed by atoms with van der Waals surface area (Å²) in [5, 5.41) is 4.50. The molecule has 2 aliphatic carbocycles. The predicted molar refractivity (Wildman–Crippen MR) is 201 cm³/mol. The lowest BCUT2D eigenvalue weighted by atomic mass is 9.95. The van der Waals surface area contributed by atoms with Crippen molar-refractivity contribution in [3.8, 4) is 0 Å². The molecule has 1 aromatic carbocycles. The lowest BCUT2D eigenvalue weighted by molar-refractivity contribution is -0.141. The molecule has 2 aliphatic heterocycles. The smallest absolute Gasteiger partial charge is 0.410 e. The second-order valence-corrected chi connectivity index (χ2v) is 19.0. The Labute approximate surface area is 326 Å². The summed E-state index contributed by atoms with van der Waals surface area (Å²) < 4.78 is 53.1. The van der Waals surface area contributed by atoms with Crippen LogP contribution in [0, 0.1) is 17.2 Å². The summed E-state index contributed by atoms with van der Waals surface area (Å²) in [5.74, 6) is -3.96. The molecule has 306 valence electrons. The molecular weight excluding hydrogens is 750 g/mol. The number of likely N-dealkylation sites (tertiary alicyclic amines) is 1. The van der Waals surface area contributed by atoms with E-state index < -0.39 is 86.2 Å². The SMILES string of the molecule is C=C[C@@H]1C[C@]1(NC(=O)C1C[C@@H](OC(=O)N2Cc3cccc(F)c3C2)CN1C(=O)[C@H](CCC(=O)/C=C\C(C)(C)C)NC(=O)OC(C)(C)C)C(=O)NS(=O)(=O)C1CC1. The van der Waals surface area contributed by atoms with Crippen LogP contribution in [0.25, 0.3) is 0 Å². The van der Waals surface area contributed by atoms with Gasteiger partial charge in [-0.2, -0.15) is 0 Å². The lowest BCUT2D eigenvalue weighted by Crippen LogP contribution is -2.58. The number of benzene rings is 1. The zero-order chi connectivity index (χ0) is 41.4. The van der Waals surface area contributed by atoms with E-state index in [4.69, 9.17) is 9.47 Å². The number of hydrogen-bond donors (Lipinski definition) is 3. The zero-order valence-corrected chi connectivity index (χ0v) is 33.5. The molecule has 4 aliphatic rings. The maximum absolute atomic E-state index is 14.5. The van der Waals surface area contributed by atoms with Crippen molar-refractivity contribution in [2.75, 3.05) is 6.54 Å². The zero-order valence-electron chi connectivity index (χ0n) is 32.7. The molecule has 2 heterocycles. The van der Waals surface area contributed by atoms with E-state index in [1.807, 2.05) is 20.8 Å². The highest BCUT2D eigenvalue weighted by Gasteiger charge is 2.62. The monoisotopic (exact) mass is 801 g/mol. The number of halogens is 1. The Kier molecular flexibility index (Phi) is 12.1. The molecule has 1 aromatic rings. The molecule has 5 atom stereocenters. The van der Waals surface area contributed by atoms with E-state index in [0.717, 1.165) is 4.90 Å². The van der Waals surface area contributed by atoms with Gasteiger partial charge in [-0.15, -0.1) is 6.58 Å². The number of rotatable bonds is 13. The summed E-state index contributed by atoms with van der Waals surface area (Å²) >= 11 is 0. The van der Waals surface area contributed by atoms with Gasteiger partial charge in [-0.1, -0.05) is 45.1 Å². The average molecular weight is 802 g/mol. The third-order valence-corrected chi connectivity index (χ3v) is 11.8. The summed E-state index contributed by atoms with van der Waals surface area (Å²) in [5.41, 5.74) is -1.95. The molecule has 15 nitrogen and oxygen atoms in total. The van der Waals surface area contributed by atoms with Gasteiger partial charge < -0.3 is 25.0 Å². The molecule has 2 saturated carbocycles. The van der Waals surface area contributed by atoms with Crippen LogP contribution in [0.1, 0.15) is 91.2 Å². The highest BCUT2D eigenvalue weighted by molar-refractivity contribution is 7.91. The van der Waals surface area contributed by atoms with Crippen molar-refractivity contribution in [2.45, 2.75) is 128 Å². The minimum Gasteiger partial charge on any atom is -0.444 e. The third-order valence-electron chi connectivity index (χ3n) is 9.99. The highest BCUT2D eigenvalue weighted by Crippen LogP contribution is 2.45. The normalized spacial score (nSPS) is 23.9. The fourth-order valence-corrected chi connectivity index (χ4v) is 8.11. The number of fused-ring (bicyclic) bond motifs is 1. The Hall–Kier alpha value is -4.80. The molecule has 0 radical (unpaired) electrons. The number of nitrogens with zero attached hydrogens (tertiary/aromatic N) is 2. The van der Waals surface area contributed by atoms with Crippen molar-refractivity contribution in [1.29, 1.82) is 0 Å². The van der Waals surface area contributed by atoms with E-state index in [0.29, 0.717) is 24.0 Å². The van der Waals surface area contributed by atoms with Gasteiger partial charge in [-0.05, 0) is 69.6 Å². The second-order valence-electron chi connectivity index (χ2n) is 17.1. The largest absolute Gasteiger partial charge is 0.444 e. The Balaban J connectivity index is 1.39. The average Bonchev–Trinajstić information content (AvgIpc) is 3.98. The van der Waals surface area contributed by atoms with Crippen LogP contribution < -0.4 is 15.4 Å². The number of ketones is 1. The van der Waals surface area contributed by atoms with Crippen molar-refractivity contribution in [2.24, 2.45) is 11.3 Å². The first kappa shape index (κ1) is 42.3. The summed E-state index contributed by atoms with van der Waals surface area (Å²) in [4.78, 5) is 83.8. The molecule has 3 fully saturated rings. The van der Waals surface area contributed by atoms with Gasteiger partial charge in [0.2, 0.25) is 21.8 Å². The highest BCUT2D eigenvalue weighted by atomic mass is 32.2. The van der Waals surface area contributed by atoms with Crippen LogP contribution in [0.15, 0.2) is 43.0 Å². The fraction of sp³-hybridized carbons (Fsp3) is 0.590. The van der Waals surface area contributed by atoms with Crippen LogP contribution >= 0.6 is 0 Å². The Bertz CT molecular complexity index is 1920. The Morgan fingerprint density at radius 3 is 2.36 bits per heavy atom. The predicted octanol–water partition coefficient (Wildman–Crippen LogP) is 3.76. The minimum absolute atomic E-state index is 0.0481. The van der Waals surface area contributed by atoms with Crippen molar-refractivity contribution >= 4 is 45.7 Å². The number of allylic oxidation sites excluding steroid dienone is 2. The number of sulfonamides is 1. The molecule has 3 N–H and O–H groups in total. The molecule has 5 amide bonds. The maximum Gasteiger partial charge on any atom is 0.410 e. The third kappa shape index (κ3) is 10.3. The summed E-state index contributed by atoms with van der Waals surface area (Å²) in [7, 11) is -3.97. The van der Waals surface area contributed by atoms with Gasteiger partial charge in [0.1, 0.15) is 35.1 Å². The van der Waals surface area contributed by atoms with Crippen molar-refractivity contribution < 1.29 is 51.0 Å². The van der Waals surface area contributed by atoms with Crippen LogP contribution in [-0.2, 0) is 51.8 Å². The Morgan fingerprint density at radius 1 is 1.07 bits per heavy atom. The number of alkyl carbamates (subject to hydrolysis) is 1. The van der Waals surface area contributed by atoms with E-state index in [-0.39, 0.29) is 56.5 Å². The molecule has 1 unspecified atom stereocenters. The van der Waals surface area contributed by atoms with Gasteiger partial charge in [0.05, 0.1) is 18.3 Å². The van der Waals surface area contributed by atoms with Gasteiger partial charge >= 0.3 is 12.2 Å². The van der Waals surface area contributed by atoms with E-state index in [1.165, 1.54) is 29.2 Å². The molecule has 1 saturated heterocycles. The molecule has 5 rings (SSSR count). The molecule has 56 heavy (non-hydrogen) atoms. The number of carbonyl (C=O) groups excluding carboxylic acids is 6. The number of amides is 5. The Morgan fingerprint density at radius 2 is 1.77 bits per heavy atom. The number of nitrogens with one attached hydrogen (secondary N) is 3. The van der Waals surface area contributed by atoms with Gasteiger partial charge in [0.15, 0.2) is 5.78 Å². The molecule has 0 spiro atoms.